The van der Waals surface area contributed by atoms with Gasteiger partial charge in [0.05, 0.1) is 12.5 Å². The molecule has 0 radical (unpaired) electrons. The lowest BCUT2D eigenvalue weighted by Gasteiger charge is -2.17. The molecule has 4 heteroatoms. The van der Waals surface area contributed by atoms with E-state index in [1.54, 1.807) is 12.5 Å². The molecule has 1 aromatic heterocycles. The number of hydrogen-bond donors (Lipinski definition) is 1. The first kappa shape index (κ1) is 13.3. The SMILES string of the molecule is CCNC(Cc1ccc(F)cc1Br)c1ccoc1. The molecule has 0 saturated carbocycles. The van der Waals surface area contributed by atoms with Crippen molar-refractivity contribution in [3.05, 3.63) is 58.2 Å². The predicted molar refractivity (Wildman–Crippen MR) is 72.9 cm³/mol. The van der Waals surface area contributed by atoms with E-state index >= 15 is 0 Å². The van der Waals surface area contributed by atoms with Gasteiger partial charge in [0.2, 0.25) is 0 Å². The smallest absolute Gasteiger partial charge is 0.124 e. The van der Waals surface area contributed by atoms with Crippen LogP contribution in [0.3, 0.4) is 0 Å². The molecule has 0 aliphatic heterocycles. The Morgan fingerprint density at radius 1 is 1.39 bits per heavy atom. The van der Waals surface area contributed by atoms with Crippen LogP contribution in [0, 0.1) is 5.82 Å². The van der Waals surface area contributed by atoms with Crippen molar-refractivity contribution in [3.63, 3.8) is 0 Å². The molecule has 0 amide bonds. The maximum Gasteiger partial charge on any atom is 0.124 e. The molecule has 0 aliphatic carbocycles. The molecule has 18 heavy (non-hydrogen) atoms. The largest absolute Gasteiger partial charge is 0.472 e. The lowest BCUT2D eigenvalue weighted by Crippen LogP contribution is -2.22. The van der Waals surface area contributed by atoms with Gasteiger partial charge in [-0.1, -0.05) is 28.9 Å². The van der Waals surface area contributed by atoms with Gasteiger partial charge >= 0.3 is 0 Å². The first-order chi connectivity index (χ1) is 8.70. The molecule has 1 atom stereocenters. The van der Waals surface area contributed by atoms with Crippen LogP contribution in [0.2, 0.25) is 0 Å². The van der Waals surface area contributed by atoms with Crippen LogP contribution in [0.1, 0.15) is 24.1 Å². The highest BCUT2D eigenvalue weighted by molar-refractivity contribution is 9.10. The maximum atomic E-state index is 13.0. The van der Waals surface area contributed by atoms with E-state index in [1.807, 2.05) is 12.1 Å². The second-order valence-corrected chi connectivity index (χ2v) is 4.96. The highest BCUT2D eigenvalue weighted by atomic mass is 79.9. The van der Waals surface area contributed by atoms with Gasteiger partial charge in [0.1, 0.15) is 5.82 Å². The fourth-order valence-electron chi connectivity index (χ4n) is 1.93. The van der Waals surface area contributed by atoms with Crippen LogP contribution in [0.15, 0.2) is 45.7 Å². The molecule has 96 valence electrons. The first-order valence-corrected chi connectivity index (χ1v) is 6.69. The van der Waals surface area contributed by atoms with Gasteiger partial charge in [0.25, 0.3) is 0 Å². The molecule has 0 aliphatic rings. The van der Waals surface area contributed by atoms with Crippen molar-refractivity contribution in [1.82, 2.24) is 5.32 Å². The molecular weight excluding hydrogens is 297 g/mol. The summed E-state index contributed by atoms with van der Waals surface area (Å²) in [6.07, 6.45) is 4.19. The fourth-order valence-corrected chi connectivity index (χ4v) is 2.45. The van der Waals surface area contributed by atoms with E-state index in [0.29, 0.717) is 0 Å². The molecule has 0 spiro atoms. The topological polar surface area (TPSA) is 25.2 Å². The predicted octanol–water partition coefficient (Wildman–Crippen LogP) is 4.07. The van der Waals surface area contributed by atoms with Crippen LogP contribution < -0.4 is 5.32 Å². The lowest BCUT2D eigenvalue weighted by molar-refractivity contribution is 0.524. The van der Waals surface area contributed by atoms with Crippen LogP contribution in [-0.2, 0) is 6.42 Å². The zero-order valence-electron chi connectivity index (χ0n) is 10.1. The van der Waals surface area contributed by atoms with Crippen molar-refractivity contribution in [2.45, 2.75) is 19.4 Å². The third-order valence-corrected chi connectivity index (χ3v) is 3.57. The molecule has 2 rings (SSSR count). The standard InChI is InChI=1S/C14H15BrFNO/c1-2-17-14(11-5-6-18-9-11)7-10-3-4-12(16)8-13(10)15/h3-6,8-9,14,17H,2,7H2,1H3. The summed E-state index contributed by atoms with van der Waals surface area (Å²) in [6.45, 7) is 2.93. The third-order valence-electron chi connectivity index (χ3n) is 2.84. The molecule has 1 aromatic carbocycles. The second kappa shape index (κ2) is 6.16. The fraction of sp³-hybridized carbons (Fsp3) is 0.286. The normalized spacial score (nSPS) is 12.6. The number of rotatable bonds is 5. The number of likely N-dealkylation sites (N-methyl/N-ethyl adjacent to an activating group) is 1. The lowest BCUT2D eigenvalue weighted by atomic mass is 10.0. The van der Waals surface area contributed by atoms with E-state index < -0.39 is 0 Å². The zero-order valence-corrected chi connectivity index (χ0v) is 11.7. The molecule has 0 saturated heterocycles. The third kappa shape index (κ3) is 3.21. The summed E-state index contributed by atoms with van der Waals surface area (Å²) >= 11 is 3.40. The highest BCUT2D eigenvalue weighted by Crippen LogP contribution is 2.25. The Morgan fingerprint density at radius 2 is 2.22 bits per heavy atom. The summed E-state index contributed by atoms with van der Waals surface area (Å²) in [7, 11) is 0. The molecule has 2 nitrogen and oxygen atoms in total. The van der Waals surface area contributed by atoms with Crippen molar-refractivity contribution in [2.75, 3.05) is 6.54 Å². The van der Waals surface area contributed by atoms with E-state index in [2.05, 4.69) is 28.2 Å². The quantitative estimate of drug-likeness (QED) is 0.900. The minimum atomic E-state index is -0.228. The average Bonchev–Trinajstić information content (AvgIpc) is 2.85. The van der Waals surface area contributed by atoms with E-state index in [9.17, 15) is 4.39 Å². The summed E-state index contributed by atoms with van der Waals surface area (Å²) in [4.78, 5) is 0. The molecule has 0 fully saturated rings. The number of halogens is 2. The van der Waals surface area contributed by atoms with Crippen molar-refractivity contribution in [1.29, 1.82) is 0 Å². The van der Waals surface area contributed by atoms with E-state index in [-0.39, 0.29) is 11.9 Å². The van der Waals surface area contributed by atoms with Gasteiger partial charge < -0.3 is 9.73 Å². The Morgan fingerprint density at radius 3 is 2.83 bits per heavy atom. The van der Waals surface area contributed by atoms with Crippen LogP contribution in [0.25, 0.3) is 0 Å². The van der Waals surface area contributed by atoms with Crippen molar-refractivity contribution in [3.8, 4) is 0 Å². The minimum absolute atomic E-state index is 0.176. The van der Waals surface area contributed by atoms with Crippen LogP contribution in [0.5, 0.6) is 0 Å². The number of nitrogens with one attached hydrogen (secondary N) is 1. The van der Waals surface area contributed by atoms with Gasteiger partial charge in [0, 0.05) is 16.1 Å². The molecule has 1 heterocycles. The minimum Gasteiger partial charge on any atom is -0.472 e. The monoisotopic (exact) mass is 311 g/mol. The average molecular weight is 312 g/mol. The van der Waals surface area contributed by atoms with Crippen LogP contribution in [0.4, 0.5) is 4.39 Å². The Hall–Kier alpha value is -1.13. The summed E-state index contributed by atoms with van der Waals surface area (Å²) in [5, 5.41) is 3.40. The molecule has 0 bridgehead atoms. The zero-order chi connectivity index (χ0) is 13.0. The summed E-state index contributed by atoms with van der Waals surface area (Å²) in [5.41, 5.74) is 2.18. The van der Waals surface area contributed by atoms with Crippen LogP contribution in [-0.4, -0.2) is 6.54 Å². The van der Waals surface area contributed by atoms with Crippen LogP contribution >= 0.6 is 15.9 Å². The molecular formula is C14H15BrFNO. The van der Waals surface area contributed by atoms with Gasteiger partial charge in [-0.25, -0.2) is 4.39 Å². The van der Waals surface area contributed by atoms with E-state index in [1.165, 1.54) is 12.1 Å². The highest BCUT2D eigenvalue weighted by Gasteiger charge is 2.14. The Balaban J connectivity index is 2.18. The maximum absolute atomic E-state index is 13.0. The van der Waals surface area contributed by atoms with Gasteiger partial charge in [-0.15, -0.1) is 0 Å². The number of hydrogen-bond acceptors (Lipinski definition) is 2. The summed E-state index contributed by atoms with van der Waals surface area (Å²) < 4.78 is 19.0. The first-order valence-electron chi connectivity index (χ1n) is 5.90. The molecule has 1 N–H and O–H groups in total. The van der Waals surface area contributed by atoms with E-state index in [0.717, 1.165) is 28.6 Å². The van der Waals surface area contributed by atoms with Gasteiger partial charge in [-0.3, -0.25) is 0 Å². The van der Waals surface area contributed by atoms with Crippen molar-refractivity contribution in [2.24, 2.45) is 0 Å². The van der Waals surface area contributed by atoms with Crippen molar-refractivity contribution >= 4 is 15.9 Å². The number of benzene rings is 1. The van der Waals surface area contributed by atoms with Crippen molar-refractivity contribution < 1.29 is 8.81 Å². The Labute approximate surface area is 114 Å². The van der Waals surface area contributed by atoms with E-state index in [4.69, 9.17) is 4.42 Å². The molecule has 1 unspecified atom stereocenters. The summed E-state index contributed by atoms with van der Waals surface area (Å²) in [6, 6.07) is 6.91. The van der Waals surface area contributed by atoms with Gasteiger partial charge in [-0.2, -0.15) is 0 Å². The second-order valence-electron chi connectivity index (χ2n) is 4.11. The number of furan rings is 1. The van der Waals surface area contributed by atoms with Gasteiger partial charge in [-0.05, 0) is 36.7 Å². The van der Waals surface area contributed by atoms with Gasteiger partial charge in [0.15, 0.2) is 0 Å². The Kier molecular flexibility index (Phi) is 4.55. The Bertz CT molecular complexity index is 499. The summed E-state index contributed by atoms with van der Waals surface area (Å²) in [5.74, 6) is -0.228. The molecule has 2 aromatic rings.